The maximum atomic E-state index is 4.40. The predicted octanol–water partition coefficient (Wildman–Crippen LogP) is 2.19. The van der Waals surface area contributed by atoms with Crippen molar-refractivity contribution in [3.63, 3.8) is 0 Å². The second kappa shape index (κ2) is 3.44. The lowest BCUT2D eigenvalue weighted by Gasteiger charge is -1.92. The number of allylic oxidation sites excluding steroid dienone is 2. The van der Waals surface area contributed by atoms with Crippen LogP contribution in [0.25, 0.3) is 0 Å². The van der Waals surface area contributed by atoms with E-state index in [0.717, 1.165) is 19.4 Å². The fourth-order valence-electron chi connectivity index (χ4n) is 0.921. The van der Waals surface area contributed by atoms with Crippen LogP contribution in [0.5, 0.6) is 0 Å². The SMILES string of the molecule is CCCN=C1CC=CC1. The van der Waals surface area contributed by atoms with Crippen LogP contribution in [0.3, 0.4) is 0 Å². The van der Waals surface area contributed by atoms with Crippen LogP contribution in [-0.2, 0) is 0 Å². The predicted molar refractivity (Wildman–Crippen MR) is 41.0 cm³/mol. The number of rotatable bonds is 2. The minimum absolute atomic E-state index is 1.01. The molecule has 0 aromatic carbocycles. The molecular weight excluding hydrogens is 110 g/mol. The normalized spacial score (nSPS) is 16.8. The molecule has 0 saturated carbocycles. The van der Waals surface area contributed by atoms with Gasteiger partial charge in [0.15, 0.2) is 0 Å². The third kappa shape index (κ3) is 2.00. The summed E-state index contributed by atoms with van der Waals surface area (Å²) < 4.78 is 0. The lowest BCUT2D eigenvalue weighted by atomic mass is 10.3. The summed E-state index contributed by atoms with van der Waals surface area (Å²) in [5, 5.41) is 0. The van der Waals surface area contributed by atoms with Crippen LogP contribution in [0.15, 0.2) is 17.1 Å². The monoisotopic (exact) mass is 123 g/mol. The number of hydrogen-bond acceptors (Lipinski definition) is 1. The first-order valence-corrected chi connectivity index (χ1v) is 3.60. The summed E-state index contributed by atoms with van der Waals surface area (Å²) in [5.74, 6) is 0. The molecule has 0 heterocycles. The molecule has 0 amide bonds. The van der Waals surface area contributed by atoms with Crippen molar-refractivity contribution in [1.29, 1.82) is 0 Å². The Bertz CT molecular complexity index is 124. The van der Waals surface area contributed by atoms with Crippen molar-refractivity contribution in [2.24, 2.45) is 4.99 Å². The van der Waals surface area contributed by atoms with Crippen LogP contribution in [0.4, 0.5) is 0 Å². The Balaban J connectivity index is 2.26. The summed E-state index contributed by atoms with van der Waals surface area (Å²) in [7, 11) is 0. The van der Waals surface area contributed by atoms with Crippen LogP contribution in [0, 0.1) is 0 Å². The molecule has 0 unspecified atom stereocenters. The molecule has 1 nitrogen and oxygen atoms in total. The molecule has 1 heteroatoms. The maximum Gasteiger partial charge on any atom is 0.0386 e. The van der Waals surface area contributed by atoms with Gasteiger partial charge >= 0.3 is 0 Å². The topological polar surface area (TPSA) is 12.4 Å². The molecule has 0 fully saturated rings. The molecule has 0 radical (unpaired) electrons. The van der Waals surface area contributed by atoms with Crippen molar-refractivity contribution < 1.29 is 0 Å². The van der Waals surface area contributed by atoms with Gasteiger partial charge in [-0.3, -0.25) is 4.99 Å². The van der Waals surface area contributed by atoms with Crippen LogP contribution < -0.4 is 0 Å². The largest absolute Gasteiger partial charge is 0.293 e. The van der Waals surface area contributed by atoms with E-state index in [-0.39, 0.29) is 0 Å². The number of hydrogen-bond donors (Lipinski definition) is 0. The molecule has 0 saturated heterocycles. The molecule has 0 aromatic rings. The van der Waals surface area contributed by atoms with E-state index in [0.29, 0.717) is 0 Å². The standard InChI is InChI=1S/C8H13N/c1-2-7-9-8-5-3-4-6-8/h3-4H,2,5-7H2,1H3. The summed E-state index contributed by atoms with van der Waals surface area (Å²) in [5.41, 5.74) is 1.36. The Kier molecular flexibility index (Phi) is 2.49. The van der Waals surface area contributed by atoms with E-state index in [4.69, 9.17) is 0 Å². The molecular formula is C8H13N. The van der Waals surface area contributed by atoms with Gasteiger partial charge in [-0.1, -0.05) is 19.1 Å². The zero-order valence-electron chi connectivity index (χ0n) is 5.93. The highest BCUT2D eigenvalue weighted by molar-refractivity contribution is 5.89. The van der Waals surface area contributed by atoms with E-state index in [2.05, 4.69) is 24.1 Å². The van der Waals surface area contributed by atoms with Crippen molar-refractivity contribution in [2.75, 3.05) is 6.54 Å². The minimum atomic E-state index is 1.01. The lowest BCUT2D eigenvalue weighted by molar-refractivity contribution is 0.926. The van der Waals surface area contributed by atoms with E-state index >= 15 is 0 Å². The van der Waals surface area contributed by atoms with Gasteiger partial charge in [0, 0.05) is 25.1 Å². The first-order valence-electron chi connectivity index (χ1n) is 3.60. The first kappa shape index (κ1) is 6.53. The Morgan fingerprint density at radius 1 is 1.44 bits per heavy atom. The van der Waals surface area contributed by atoms with Gasteiger partial charge in [0.25, 0.3) is 0 Å². The van der Waals surface area contributed by atoms with Crippen molar-refractivity contribution in [3.05, 3.63) is 12.2 Å². The Morgan fingerprint density at radius 3 is 2.67 bits per heavy atom. The maximum absolute atomic E-state index is 4.40. The fourth-order valence-corrected chi connectivity index (χ4v) is 0.921. The molecule has 0 N–H and O–H groups in total. The van der Waals surface area contributed by atoms with Crippen molar-refractivity contribution >= 4 is 5.71 Å². The van der Waals surface area contributed by atoms with E-state index in [1.165, 1.54) is 12.1 Å². The molecule has 0 spiro atoms. The van der Waals surface area contributed by atoms with Crippen LogP contribution in [0.2, 0.25) is 0 Å². The molecule has 50 valence electrons. The van der Waals surface area contributed by atoms with E-state index in [1.54, 1.807) is 0 Å². The molecule has 1 aliphatic rings. The van der Waals surface area contributed by atoms with Gasteiger partial charge in [0.05, 0.1) is 0 Å². The Labute approximate surface area is 56.5 Å². The quantitative estimate of drug-likeness (QED) is 0.499. The summed E-state index contributed by atoms with van der Waals surface area (Å²) in [6, 6.07) is 0. The van der Waals surface area contributed by atoms with Crippen LogP contribution in [-0.4, -0.2) is 12.3 Å². The van der Waals surface area contributed by atoms with Gasteiger partial charge in [-0.2, -0.15) is 0 Å². The first-order chi connectivity index (χ1) is 4.43. The third-order valence-corrected chi connectivity index (χ3v) is 1.43. The summed E-state index contributed by atoms with van der Waals surface area (Å²) in [4.78, 5) is 4.40. The van der Waals surface area contributed by atoms with Gasteiger partial charge < -0.3 is 0 Å². The van der Waals surface area contributed by atoms with E-state index in [9.17, 15) is 0 Å². The molecule has 1 aliphatic carbocycles. The molecule has 0 bridgehead atoms. The summed E-state index contributed by atoms with van der Waals surface area (Å²) in [6.45, 7) is 3.17. The van der Waals surface area contributed by atoms with E-state index in [1.807, 2.05) is 0 Å². The highest BCUT2D eigenvalue weighted by Gasteiger charge is 1.98. The molecule has 0 atom stereocenters. The highest BCUT2D eigenvalue weighted by Crippen LogP contribution is 2.05. The lowest BCUT2D eigenvalue weighted by Crippen LogP contribution is -1.90. The van der Waals surface area contributed by atoms with Gasteiger partial charge in [-0.25, -0.2) is 0 Å². The van der Waals surface area contributed by atoms with Crippen molar-refractivity contribution in [1.82, 2.24) is 0 Å². The third-order valence-electron chi connectivity index (χ3n) is 1.43. The van der Waals surface area contributed by atoms with Crippen LogP contribution >= 0.6 is 0 Å². The van der Waals surface area contributed by atoms with Gasteiger partial charge in [-0.15, -0.1) is 0 Å². The Morgan fingerprint density at radius 2 is 2.11 bits per heavy atom. The summed E-state index contributed by atoms with van der Waals surface area (Å²) in [6.07, 6.45) is 7.74. The van der Waals surface area contributed by atoms with Gasteiger partial charge in [0.2, 0.25) is 0 Å². The van der Waals surface area contributed by atoms with E-state index < -0.39 is 0 Å². The average molecular weight is 123 g/mol. The average Bonchev–Trinajstić information content (AvgIpc) is 2.34. The van der Waals surface area contributed by atoms with Crippen LogP contribution in [0.1, 0.15) is 26.2 Å². The Hall–Kier alpha value is -0.590. The van der Waals surface area contributed by atoms with Crippen molar-refractivity contribution in [3.8, 4) is 0 Å². The molecule has 9 heavy (non-hydrogen) atoms. The van der Waals surface area contributed by atoms with Crippen molar-refractivity contribution in [2.45, 2.75) is 26.2 Å². The van der Waals surface area contributed by atoms with Gasteiger partial charge in [-0.05, 0) is 6.42 Å². The number of aliphatic imine (C=N–C) groups is 1. The fraction of sp³-hybridized carbons (Fsp3) is 0.625. The smallest absolute Gasteiger partial charge is 0.0386 e. The second-order valence-corrected chi connectivity index (χ2v) is 2.33. The van der Waals surface area contributed by atoms with Gasteiger partial charge in [0.1, 0.15) is 0 Å². The minimum Gasteiger partial charge on any atom is -0.293 e. The summed E-state index contributed by atoms with van der Waals surface area (Å²) >= 11 is 0. The zero-order valence-corrected chi connectivity index (χ0v) is 5.93. The second-order valence-electron chi connectivity index (χ2n) is 2.33. The number of nitrogens with zero attached hydrogens (tertiary/aromatic N) is 1. The molecule has 0 aliphatic heterocycles. The molecule has 0 aromatic heterocycles. The zero-order chi connectivity index (χ0) is 6.53. The highest BCUT2D eigenvalue weighted by atomic mass is 14.7. The molecule has 1 rings (SSSR count).